The first kappa shape index (κ1) is 18.0. The van der Waals surface area contributed by atoms with E-state index in [0.29, 0.717) is 49.5 Å². The second-order valence-electron chi connectivity index (χ2n) is 7.22. The first-order chi connectivity index (χ1) is 13.0. The maximum absolute atomic E-state index is 14.4. The summed E-state index contributed by atoms with van der Waals surface area (Å²) in [6, 6.07) is 5.54. The molecule has 4 rings (SSSR count). The molecule has 1 fully saturated rings. The zero-order valence-electron chi connectivity index (χ0n) is 15.9. The fourth-order valence-electron chi connectivity index (χ4n) is 3.49. The normalized spacial score (nSPS) is 22.1. The molecule has 144 valence electrons. The number of hydrogen-bond donors (Lipinski definition) is 0. The number of rotatable bonds is 4. The van der Waals surface area contributed by atoms with Gasteiger partial charge in [-0.05, 0) is 26.3 Å². The standard InChI is InChI=1S/C20H24FN3O3/c1-12-4-5-19(22-14(12)3)27-15-8-13(2)24(10-15)11-17-16(21)9-18-20(23-17)26-7-6-25-18/h4-5,9,13,15H,6-8,10-11H2,1-3H3/t13-,15+/m0/s1. The Morgan fingerprint density at radius 1 is 1.22 bits per heavy atom. The zero-order chi connectivity index (χ0) is 19.0. The van der Waals surface area contributed by atoms with E-state index in [-0.39, 0.29) is 18.0 Å². The van der Waals surface area contributed by atoms with Crippen LogP contribution in [-0.4, -0.2) is 46.8 Å². The number of fused-ring (bicyclic) bond motifs is 1. The average molecular weight is 373 g/mol. The number of ether oxygens (including phenoxy) is 3. The summed E-state index contributed by atoms with van der Waals surface area (Å²) in [5.74, 6) is 1.02. The highest BCUT2D eigenvalue weighted by Gasteiger charge is 2.32. The van der Waals surface area contributed by atoms with Crippen LogP contribution >= 0.6 is 0 Å². The molecule has 2 aromatic heterocycles. The first-order valence-electron chi connectivity index (χ1n) is 9.29. The van der Waals surface area contributed by atoms with Gasteiger partial charge in [-0.3, -0.25) is 4.90 Å². The van der Waals surface area contributed by atoms with Crippen molar-refractivity contribution in [2.75, 3.05) is 19.8 Å². The lowest BCUT2D eigenvalue weighted by Gasteiger charge is -2.22. The highest BCUT2D eigenvalue weighted by atomic mass is 19.1. The fraction of sp³-hybridized carbons (Fsp3) is 0.500. The van der Waals surface area contributed by atoms with Crippen molar-refractivity contribution in [2.24, 2.45) is 0 Å². The van der Waals surface area contributed by atoms with Crippen molar-refractivity contribution in [3.63, 3.8) is 0 Å². The molecule has 0 N–H and O–H groups in total. The number of halogens is 1. The third-order valence-electron chi connectivity index (χ3n) is 5.19. The predicted octanol–water partition coefficient (Wildman–Crippen LogP) is 3.05. The Kier molecular flexibility index (Phi) is 4.86. The maximum atomic E-state index is 14.4. The molecule has 0 unspecified atom stereocenters. The topological polar surface area (TPSA) is 56.7 Å². The van der Waals surface area contributed by atoms with Crippen LogP contribution in [0.1, 0.15) is 30.3 Å². The molecule has 2 aliphatic heterocycles. The van der Waals surface area contributed by atoms with Crippen molar-refractivity contribution < 1.29 is 18.6 Å². The van der Waals surface area contributed by atoms with Crippen molar-refractivity contribution in [1.29, 1.82) is 0 Å². The second kappa shape index (κ2) is 7.31. The lowest BCUT2D eigenvalue weighted by Crippen LogP contribution is -2.29. The van der Waals surface area contributed by atoms with Crippen molar-refractivity contribution >= 4 is 0 Å². The van der Waals surface area contributed by atoms with Crippen LogP contribution in [0.25, 0.3) is 0 Å². The lowest BCUT2D eigenvalue weighted by atomic mass is 10.2. The van der Waals surface area contributed by atoms with E-state index in [1.807, 2.05) is 26.0 Å². The van der Waals surface area contributed by atoms with E-state index in [1.54, 1.807) is 0 Å². The van der Waals surface area contributed by atoms with Gasteiger partial charge in [0.1, 0.15) is 25.1 Å². The van der Waals surface area contributed by atoms with Gasteiger partial charge in [0.05, 0.1) is 5.69 Å². The fourth-order valence-corrected chi connectivity index (χ4v) is 3.49. The van der Waals surface area contributed by atoms with Crippen LogP contribution in [0.5, 0.6) is 17.5 Å². The average Bonchev–Trinajstić information content (AvgIpc) is 2.98. The molecular weight excluding hydrogens is 349 g/mol. The minimum Gasteiger partial charge on any atom is -0.484 e. The molecule has 4 heterocycles. The second-order valence-corrected chi connectivity index (χ2v) is 7.22. The Hall–Kier alpha value is -2.41. The van der Waals surface area contributed by atoms with E-state index >= 15 is 0 Å². The van der Waals surface area contributed by atoms with Gasteiger partial charge < -0.3 is 14.2 Å². The summed E-state index contributed by atoms with van der Waals surface area (Å²) in [6.45, 7) is 8.08. The maximum Gasteiger partial charge on any atom is 0.257 e. The van der Waals surface area contributed by atoms with Crippen LogP contribution in [0.15, 0.2) is 18.2 Å². The van der Waals surface area contributed by atoms with Crippen molar-refractivity contribution in [1.82, 2.24) is 14.9 Å². The van der Waals surface area contributed by atoms with Gasteiger partial charge in [-0.1, -0.05) is 6.07 Å². The van der Waals surface area contributed by atoms with Gasteiger partial charge in [-0.25, -0.2) is 14.4 Å². The molecule has 6 nitrogen and oxygen atoms in total. The van der Waals surface area contributed by atoms with Crippen molar-refractivity contribution in [2.45, 2.75) is 45.9 Å². The molecule has 2 aromatic rings. The highest BCUT2D eigenvalue weighted by molar-refractivity contribution is 5.36. The van der Waals surface area contributed by atoms with E-state index in [9.17, 15) is 4.39 Å². The molecule has 0 aliphatic carbocycles. The molecule has 7 heteroatoms. The monoisotopic (exact) mass is 373 g/mol. The summed E-state index contributed by atoms with van der Waals surface area (Å²) in [4.78, 5) is 11.0. The molecule has 0 radical (unpaired) electrons. The van der Waals surface area contributed by atoms with Crippen LogP contribution in [0.4, 0.5) is 4.39 Å². The third kappa shape index (κ3) is 3.83. The van der Waals surface area contributed by atoms with Gasteiger partial charge in [0.25, 0.3) is 5.88 Å². The van der Waals surface area contributed by atoms with Gasteiger partial charge >= 0.3 is 0 Å². The highest BCUT2D eigenvalue weighted by Crippen LogP contribution is 2.31. The largest absolute Gasteiger partial charge is 0.484 e. The SMILES string of the molecule is Cc1ccc(O[C@@H]2C[C@H](C)N(Cc3nc4c(cc3F)OCCO4)C2)nc1C. The Morgan fingerprint density at radius 2 is 2.04 bits per heavy atom. The smallest absolute Gasteiger partial charge is 0.257 e. The van der Waals surface area contributed by atoms with Crippen molar-refractivity contribution in [3.8, 4) is 17.5 Å². The van der Waals surface area contributed by atoms with Gasteiger partial charge in [0.15, 0.2) is 5.75 Å². The predicted molar refractivity (Wildman–Crippen MR) is 97.8 cm³/mol. The molecule has 2 atom stereocenters. The number of aromatic nitrogens is 2. The molecule has 0 aromatic carbocycles. The summed E-state index contributed by atoms with van der Waals surface area (Å²) in [5.41, 5.74) is 2.48. The number of likely N-dealkylation sites (tertiary alicyclic amines) is 1. The van der Waals surface area contributed by atoms with Crippen LogP contribution < -0.4 is 14.2 Å². The Morgan fingerprint density at radius 3 is 2.85 bits per heavy atom. The van der Waals surface area contributed by atoms with Crippen LogP contribution in [-0.2, 0) is 6.54 Å². The molecule has 0 saturated carbocycles. The molecule has 1 saturated heterocycles. The van der Waals surface area contributed by atoms with E-state index in [2.05, 4.69) is 21.8 Å². The Bertz CT molecular complexity index is 845. The molecule has 0 spiro atoms. The van der Waals surface area contributed by atoms with E-state index in [1.165, 1.54) is 6.07 Å². The Labute approximate surface area is 158 Å². The summed E-state index contributed by atoms with van der Waals surface area (Å²) in [5, 5.41) is 0. The summed E-state index contributed by atoms with van der Waals surface area (Å²) in [6.07, 6.45) is 0.885. The van der Waals surface area contributed by atoms with E-state index < -0.39 is 0 Å². The van der Waals surface area contributed by atoms with Crippen molar-refractivity contribution in [3.05, 3.63) is 41.0 Å². The third-order valence-corrected chi connectivity index (χ3v) is 5.19. The lowest BCUT2D eigenvalue weighted by molar-refractivity contribution is 0.160. The molecular formula is C20H24FN3O3. The summed E-state index contributed by atoms with van der Waals surface area (Å²) >= 11 is 0. The summed E-state index contributed by atoms with van der Waals surface area (Å²) in [7, 11) is 0. The van der Waals surface area contributed by atoms with Gasteiger partial charge in [0, 0.05) is 43.4 Å². The number of pyridine rings is 2. The minimum absolute atomic E-state index is 0.0230. The van der Waals surface area contributed by atoms with Crippen LogP contribution in [0, 0.1) is 19.7 Å². The number of aryl methyl sites for hydroxylation is 2. The van der Waals surface area contributed by atoms with E-state index in [4.69, 9.17) is 14.2 Å². The minimum atomic E-state index is -0.369. The summed E-state index contributed by atoms with van der Waals surface area (Å²) < 4.78 is 31.3. The van der Waals surface area contributed by atoms with Gasteiger partial charge in [0.2, 0.25) is 5.88 Å². The molecule has 0 bridgehead atoms. The zero-order valence-corrected chi connectivity index (χ0v) is 15.9. The Balaban J connectivity index is 1.43. The number of nitrogens with zero attached hydrogens (tertiary/aromatic N) is 3. The van der Waals surface area contributed by atoms with Gasteiger partial charge in [-0.15, -0.1) is 0 Å². The van der Waals surface area contributed by atoms with Crippen LogP contribution in [0.2, 0.25) is 0 Å². The first-order valence-corrected chi connectivity index (χ1v) is 9.29. The molecule has 27 heavy (non-hydrogen) atoms. The molecule has 0 amide bonds. The molecule has 2 aliphatic rings. The van der Waals surface area contributed by atoms with E-state index in [0.717, 1.165) is 17.7 Å². The van der Waals surface area contributed by atoms with Crippen LogP contribution in [0.3, 0.4) is 0 Å². The number of hydrogen-bond acceptors (Lipinski definition) is 6. The quantitative estimate of drug-likeness (QED) is 0.821. The van der Waals surface area contributed by atoms with Gasteiger partial charge in [-0.2, -0.15) is 0 Å².